The van der Waals surface area contributed by atoms with E-state index >= 15 is 0 Å². The molecule has 2 aromatic heterocycles. The Kier molecular flexibility index (Phi) is 5.73. The zero-order valence-corrected chi connectivity index (χ0v) is 18.4. The highest BCUT2D eigenvalue weighted by Gasteiger charge is 2.42. The topological polar surface area (TPSA) is 91.5 Å². The molecule has 0 aliphatic heterocycles. The normalized spacial score (nSPS) is 14.5. The van der Waals surface area contributed by atoms with Crippen molar-refractivity contribution in [2.24, 2.45) is 5.41 Å². The number of anilines is 1. The number of nitrogens with one attached hydrogen (secondary N) is 3. The molecule has 1 aliphatic rings. The molecule has 1 aromatic carbocycles. The molecular formula is C23H29N5O3. The predicted molar refractivity (Wildman–Crippen MR) is 122 cm³/mol. The maximum absolute atomic E-state index is 12.4. The molecule has 8 nitrogen and oxygen atoms in total. The average molecular weight is 424 g/mol. The van der Waals surface area contributed by atoms with E-state index in [-0.39, 0.29) is 11.4 Å². The molecule has 0 unspecified atom stereocenters. The summed E-state index contributed by atoms with van der Waals surface area (Å²) in [5, 5.41) is 6.74. The quantitative estimate of drug-likeness (QED) is 0.514. The number of rotatable bonds is 8. The largest absolute Gasteiger partial charge is 0.496 e. The Balaban J connectivity index is 1.50. The molecule has 3 N–H and O–H groups in total. The summed E-state index contributed by atoms with van der Waals surface area (Å²) in [6.07, 6.45) is 4.17. The maximum atomic E-state index is 12.4. The lowest BCUT2D eigenvalue weighted by molar-refractivity contribution is 0.245. The van der Waals surface area contributed by atoms with Crippen LogP contribution < -0.4 is 20.1 Å². The fraction of sp³-hybridized carbons (Fsp3) is 0.391. The second kappa shape index (κ2) is 8.47. The summed E-state index contributed by atoms with van der Waals surface area (Å²) in [6.45, 7) is 1.65. The van der Waals surface area contributed by atoms with E-state index in [0.717, 1.165) is 35.9 Å². The molecule has 0 spiro atoms. The number of aromatic amines is 1. The van der Waals surface area contributed by atoms with Crippen molar-refractivity contribution in [1.29, 1.82) is 0 Å². The van der Waals surface area contributed by atoms with E-state index in [1.165, 1.54) is 0 Å². The van der Waals surface area contributed by atoms with Crippen molar-refractivity contribution in [2.45, 2.75) is 12.8 Å². The number of nitrogens with zero attached hydrogens (tertiary/aromatic N) is 2. The summed E-state index contributed by atoms with van der Waals surface area (Å²) in [5.74, 6) is 1.92. The van der Waals surface area contributed by atoms with Gasteiger partial charge in [-0.05, 0) is 51.2 Å². The Bertz CT molecular complexity index is 1070. The van der Waals surface area contributed by atoms with E-state index in [1.807, 2.05) is 30.5 Å². The van der Waals surface area contributed by atoms with Gasteiger partial charge in [-0.1, -0.05) is 6.07 Å². The molecule has 1 fully saturated rings. The van der Waals surface area contributed by atoms with Crippen LogP contribution in [0.3, 0.4) is 0 Å². The van der Waals surface area contributed by atoms with E-state index in [2.05, 4.69) is 39.6 Å². The van der Waals surface area contributed by atoms with Crippen molar-refractivity contribution >= 4 is 22.9 Å². The van der Waals surface area contributed by atoms with Crippen LogP contribution in [-0.4, -0.2) is 62.3 Å². The smallest absolute Gasteiger partial charge is 0.320 e. The summed E-state index contributed by atoms with van der Waals surface area (Å²) in [7, 11) is 7.39. The monoisotopic (exact) mass is 423 g/mol. The van der Waals surface area contributed by atoms with Crippen LogP contribution in [0, 0.1) is 5.41 Å². The highest BCUT2D eigenvalue weighted by atomic mass is 16.5. The van der Waals surface area contributed by atoms with Crippen LogP contribution >= 0.6 is 0 Å². The van der Waals surface area contributed by atoms with Crippen molar-refractivity contribution in [3.63, 3.8) is 0 Å². The third-order valence-electron chi connectivity index (χ3n) is 5.71. The SMILES string of the molecule is COc1cccc(OC)c1-c1c[nH]c2nc(NC(=O)NCC3(CN(C)C)CC3)ccc12. The molecular weight excluding hydrogens is 394 g/mol. The van der Waals surface area contributed by atoms with Gasteiger partial charge in [0.15, 0.2) is 0 Å². The molecule has 2 heterocycles. The maximum Gasteiger partial charge on any atom is 0.320 e. The Labute approximate surface area is 181 Å². The number of carbonyl (C=O) groups excluding carboxylic acids is 1. The summed E-state index contributed by atoms with van der Waals surface area (Å²) in [6, 6.07) is 9.17. The first-order valence-corrected chi connectivity index (χ1v) is 10.3. The lowest BCUT2D eigenvalue weighted by Crippen LogP contribution is -2.37. The van der Waals surface area contributed by atoms with Crippen LogP contribution in [0.4, 0.5) is 10.6 Å². The van der Waals surface area contributed by atoms with Gasteiger partial charge in [-0.3, -0.25) is 5.32 Å². The van der Waals surface area contributed by atoms with E-state index < -0.39 is 0 Å². The van der Waals surface area contributed by atoms with Crippen molar-refractivity contribution in [2.75, 3.05) is 46.7 Å². The molecule has 2 amide bonds. The number of pyridine rings is 1. The average Bonchev–Trinajstić information content (AvgIpc) is 3.39. The number of benzene rings is 1. The summed E-state index contributed by atoms with van der Waals surface area (Å²) in [5.41, 5.74) is 2.66. The number of ether oxygens (including phenoxy) is 2. The molecule has 31 heavy (non-hydrogen) atoms. The van der Waals surface area contributed by atoms with Crippen LogP contribution in [0.1, 0.15) is 12.8 Å². The number of amides is 2. The Hall–Kier alpha value is -3.26. The fourth-order valence-corrected chi connectivity index (χ4v) is 4.06. The van der Waals surface area contributed by atoms with Gasteiger partial charge >= 0.3 is 6.03 Å². The summed E-state index contributed by atoms with van der Waals surface area (Å²) in [4.78, 5) is 22.3. The van der Waals surface area contributed by atoms with Crippen LogP contribution in [0.2, 0.25) is 0 Å². The van der Waals surface area contributed by atoms with Gasteiger partial charge in [0.1, 0.15) is 23.0 Å². The third-order valence-corrected chi connectivity index (χ3v) is 5.71. The molecule has 1 aliphatic carbocycles. The highest BCUT2D eigenvalue weighted by molar-refractivity contribution is 5.98. The third kappa shape index (κ3) is 4.44. The molecule has 8 heteroatoms. The fourth-order valence-electron chi connectivity index (χ4n) is 4.06. The Morgan fingerprint density at radius 1 is 1.16 bits per heavy atom. The van der Waals surface area contributed by atoms with Gasteiger partial charge in [-0.2, -0.15) is 0 Å². The minimum atomic E-state index is -0.241. The zero-order chi connectivity index (χ0) is 22.0. The van der Waals surface area contributed by atoms with Crippen LogP contribution in [0.15, 0.2) is 36.5 Å². The molecule has 3 aromatic rings. The molecule has 0 atom stereocenters. The number of fused-ring (bicyclic) bond motifs is 1. The van der Waals surface area contributed by atoms with Gasteiger partial charge in [0.25, 0.3) is 0 Å². The minimum Gasteiger partial charge on any atom is -0.496 e. The van der Waals surface area contributed by atoms with Crippen LogP contribution in [-0.2, 0) is 0 Å². The number of carbonyl (C=O) groups is 1. The Morgan fingerprint density at radius 2 is 1.87 bits per heavy atom. The molecule has 4 rings (SSSR count). The van der Waals surface area contributed by atoms with Gasteiger partial charge in [0.05, 0.1) is 19.8 Å². The lowest BCUT2D eigenvalue weighted by Gasteiger charge is -2.20. The molecule has 1 saturated carbocycles. The van der Waals surface area contributed by atoms with Crippen LogP contribution in [0.5, 0.6) is 11.5 Å². The molecule has 0 saturated heterocycles. The van der Waals surface area contributed by atoms with E-state index in [0.29, 0.717) is 29.5 Å². The van der Waals surface area contributed by atoms with Crippen molar-refractivity contribution in [1.82, 2.24) is 20.2 Å². The predicted octanol–water partition coefficient (Wildman–Crippen LogP) is 3.71. The number of hydrogen-bond donors (Lipinski definition) is 3. The standard InChI is InChI=1S/C23H29N5O3/c1-28(2)14-23(10-11-23)13-25-22(29)27-19-9-8-15-16(12-24-21(15)26-19)20-17(30-3)6-5-7-18(20)31-4/h5-9,12H,10-11,13-14H2,1-4H3,(H3,24,25,26,27,29). The zero-order valence-electron chi connectivity index (χ0n) is 18.4. The van der Waals surface area contributed by atoms with E-state index in [1.54, 1.807) is 20.3 Å². The first kappa shape index (κ1) is 21.0. The van der Waals surface area contributed by atoms with Gasteiger partial charge in [-0.25, -0.2) is 9.78 Å². The number of methoxy groups -OCH3 is 2. The van der Waals surface area contributed by atoms with Crippen molar-refractivity contribution in [3.8, 4) is 22.6 Å². The minimum absolute atomic E-state index is 0.209. The van der Waals surface area contributed by atoms with Crippen LogP contribution in [0.25, 0.3) is 22.2 Å². The first-order chi connectivity index (χ1) is 14.9. The lowest BCUT2D eigenvalue weighted by atomic mass is 10.0. The Morgan fingerprint density at radius 3 is 2.48 bits per heavy atom. The van der Waals surface area contributed by atoms with Crippen molar-refractivity contribution in [3.05, 3.63) is 36.5 Å². The molecule has 0 bridgehead atoms. The van der Waals surface area contributed by atoms with Gasteiger partial charge < -0.3 is 24.7 Å². The number of urea groups is 1. The number of H-pyrrole nitrogens is 1. The highest BCUT2D eigenvalue weighted by Crippen LogP contribution is 2.45. The second-order valence-electron chi connectivity index (χ2n) is 8.38. The van der Waals surface area contributed by atoms with E-state index in [9.17, 15) is 4.79 Å². The van der Waals surface area contributed by atoms with Gasteiger partial charge in [-0.15, -0.1) is 0 Å². The summed E-state index contributed by atoms with van der Waals surface area (Å²) < 4.78 is 11.1. The van der Waals surface area contributed by atoms with E-state index in [4.69, 9.17) is 9.47 Å². The number of aromatic nitrogens is 2. The first-order valence-electron chi connectivity index (χ1n) is 10.3. The van der Waals surface area contributed by atoms with Gasteiger partial charge in [0.2, 0.25) is 0 Å². The summed E-state index contributed by atoms with van der Waals surface area (Å²) >= 11 is 0. The van der Waals surface area contributed by atoms with Gasteiger partial charge in [0, 0.05) is 35.7 Å². The molecule has 164 valence electrons. The molecule has 0 radical (unpaired) electrons. The van der Waals surface area contributed by atoms with Crippen molar-refractivity contribution < 1.29 is 14.3 Å². The number of hydrogen-bond acceptors (Lipinski definition) is 5. The second-order valence-corrected chi connectivity index (χ2v) is 8.38.